The van der Waals surface area contributed by atoms with Gasteiger partial charge < -0.3 is 4.74 Å². The zero-order valence-corrected chi connectivity index (χ0v) is 9.09. The van der Waals surface area contributed by atoms with Crippen molar-refractivity contribution in [2.24, 2.45) is 11.3 Å². The van der Waals surface area contributed by atoms with Crippen molar-refractivity contribution >= 4 is 11.8 Å². The summed E-state index contributed by atoms with van der Waals surface area (Å²) >= 11 is 0. The average molecular weight is 199 g/mol. The predicted molar refractivity (Wildman–Crippen MR) is 51.5 cm³/mol. The van der Waals surface area contributed by atoms with Crippen LogP contribution in [0.2, 0.25) is 0 Å². The van der Waals surface area contributed by atoms with Gasteiger partial charge in [0.15, 0.2) is 0 Å². The van der Waals surface area contributed by atoms with E-state index < -0.39 is 5.41 Å². The highest BCUT2D eigenvalue weighted by atomic mass is 16.5. The fourth-order valence-electron chi connectivity index (χ4n) is 1.85. The minimum absolute atomic E-state index is 0.104. The summed E-state index contributed by atoms with van der Waals surface area (Å²) in [6.45, 7) is 5.64. The highest BCUT2D eigenvalue weighted by Gasteiger charge is 2.46. The molecule has 1 aliphatic rings. The summed E-state index contributed by atoms with van der Waals surface area (Å²) in [5.74, 6) is -0.609. The Balaban J connectivity index is 2.94. The van der Waals surface area contributed by atoms with Crippen LogP contribution in [-0.2, 0) is 14.3 Å². The highest BCUT2D eigenvalue weighted by molar-refractivity contribution is 5.99. The van der Waals surface area contributed by atoms with E-state index in [1.54, 1.807) is 7.11 Å². The fourth-order valence-corrected chi connectivity index (χ4v) is 1.85. The van der Waals surface area contributed by atoms with E-state index in [0.717, 1.165) is 0 Å². The van der Waals surface area contributed by atoms with Gasteiger partial charge in [-0.3, -0.25) is 14.9 Å². The molecule has 0 aliphatic carbocycles. The van der Waals surface area contributed by atoms with Gasteiger partial charge in [-0.25, -0.2) is 0 Å². The van der Waals surface area contributed by atoms with Crippen molar-refractivity contribution in [3.8, 4) is 0 Å². The second kappa shape index (κ2) is 3.69. The van der Waals surface area contributed by atoms with Gasteiger partial charge in [0.1, 0.15) is 0 Å². The maximum absolute atomic E-state index is 11.5. The largest absolute Gasteiger partial charge is 0.381 e. The Morgan fingerprint density at radius 3 is 2.64 bits per heavy atom. The van der Waals surface area contributed by atoms with Gasteiger partial charge in [0.05, 0.1) is 6.10 Å². The molecule has 4 heteroatoms. The Kier molecular flexibility index (Phi) is 2.95. The number of rotatable bonds is 2. The number of carbonyl (C=O) groups excluding carboxylic acids is 2. The fraction of sp³-hybridized carbons (Fsp3) is 0.800. The van der Waals surface area contributed by atoms with Crippen LogP contribution in [0.3, 0.4) is 0 Å². The SMILES string of the molecule is COC(C)C1(C)CC(=O)NC(=O)C1C. The average Bonchev–Trinajstić information content (AvgIpc) is 2.12. The van der Waals surface area contributed by atoms with Crippen molar-refractivity contribution in [1.29, 1.82) is 0 Å². The molecule has 3 unspecified atom stereocenters. The van der Waals surface area contributed by atoms with Crippen LogP contribution < -0.4 is 5.32 Å². The number of ether oxygens (including phenoxy) is 1. The standard InChI is InChI=1S/C10H17NO3/c1-6-9(13)11-8(12)5-10(6,3)7(2)14-4/h6-7H,5H2,1-4H3,(H,11,12,13). The third-order valence-electron chi connectivity index (χ3n) is 3.47. The number of methoxy groups -OCH3 is 1. The third kappa shape index (κ3) is 1.66. The first kappa shape index (κ1) is 11.2. The van der Waals surface area contributed by atoms with Crippen LogP contribution in [0.4, 0.5) is 0 Å². The van der Waals surface area contributed by atoms with Crippen LogP contribution in [0.5, 0.6) is 0 Å². The first-order valence-corrected chi connectivity index (χ1v) is 4.78. The van der Waals surface area contributed by atoms with Crippen molar-refractivity contribution in [1.82, 2.24) is 5.32 Å². The molecule has 1 aliphatic heterocycles. The van der Waals surface area contributed by atoms with Crippen LogP contribution in [0.15, 0.2) is 0 Å². The minimum atomic E-state index is -0.395. The van der Waals surface area contributed by atoms with Gasteiger partial charge in [0, 0.05) is 24.9 Å². The Bertz CT molecular complexity index is 264. The third-order valence-corrected chi connectivity index (χ3v) is 3.47. The molecule has 0 spiro atoms. The molecule has 0 saturated carbocycles. The summed E-state index contributed by atoms with van der Waals surface area (Å²) in [6, 6.07) is 0. The van der Waals surface area contributed by atoms with E-state index in [-0.39, 0.29) is 23.8 Å². The Morgan fingerprint density at radius 1 is 1.57 bits per heavy atom. The molecule has 1 heterocycles. The van der Waals surface area contributed by atoms with Crippen LogP contribution >= 0.6 is 0 Å². The van der Waals surface area contributed by atoms with Crippen molar-refractivity contribution in [3.63, 3.8) is 0 Å². The maximum atomic E-state index is 11.5. The van der Waals surface area contributed by atoms with E-state index in [1.807, 2.05) is 20.8 Å². The lowest BCUT2D eigenvalue weighted by molar-refractivity contribution is -0.148. The molecular weight excluding hydrogens is 182 g/mol. The zero-order chi connectivity index (χ0) is 10.9. The topological polar surface area (TPSA) is 55.4 Å². The molecule has 1 fully saturated rings. The molecule has 0 bridgehead atoms. The summed E-state index contributed by atoms with van der Waals surface area (Å²) in [5.41, 5.74) is -0.395. The molecule has 4 nitrogen and oxygen atoms in total. The monoisotopic (exact) mass is 199 g/mol. The molecule has 1 N–H and O–H groups in total. The molecule has 2 amide bonds. The van der Waals surface area contributed by atoms with Gasteiger partial charge in [-0.05, 0) is 6.92 Å². The summed E-state index contributed by atoms with van der Waals surface area (Å²) in [5, 5.41) is 2.33. The van der Waals surface area contributed by atoms with Gasteiger partial charge in [0.25, 0.3) is 0 Å². The van der Waals surface area contributed by atoms with Gasteiger partial charge in [0.2, 0.25) is 11.8 Å². The number of imide groups is 1. The lowest BCUT2D eigenvalue weighted by Crippen LogP contribution is -2.54. The number of nitrogens with one attached hydrogen (secondary N) is 1. The quantitative estimate of drug-likeness (QED) is 0.666. The van der Waals surface area contributed by atoms with E-state index in [0.29, 0.717) is 6.42 Å². The van der Waals surface area contributed by atoms with Gasteiger partial charge >= 0.3 is 0 Å². The Morgan fingerprint density at radius 2 is 2.14 bits per heavy atom. The zero-order valence-electron chi connectivity index (χ0n) is 9.09. The first-order chi connectivity index (χ1) is 6.41. The summed E-state index contributed by atoms with van der Waals surface area (Å²) < 4.78 is 5.23. The lowest BCUT2D eigenvalue weighted by Gasteiger charge is -2.41. The molecule has 1 saturated heterocycles. The number of piperidine rings is 1. The summed E-state index contributed by atoms with van der Waals surface area (Å²) in [4.78, 5) is 22.7. The smallest absolute Gasteiger partial charge is 0.230 e. The van der Waals surface area contributed by atoms with E-state index >= 15 is 0 Å². The molecular formula is C10H17NO3. The van der Waals surface area contributed by atoms with Gasteiger partial charge in [-0.1, -0.05) is 13.8 Å². The van der Waals surface area contributed by atoms with E-state index in [1.165, 1.54) is 0 Å². The first-order valence-electron chi connectivity index (χ1n) is 4.78. The second-order valence-corrected chi connectivity index (χ2v) is 4.19. The van der Waals surface area contributed by atoms with Crippen molar-refractivity contribution in [2.75, 3.05) is 7.11 Å². The molecule has 0 aromatic rings. The van der Waals surface area contributed by atoms with Gasteiger partial charge in [-0.2, -0.15) is 0 Å². The molecule has 0 aromatic carbocycles. The minimum Gasteiger partial charge on any atom is -0.381 e. The van der Waals surface area contributed by atoms with Crippen LogP contribution in [0, 0.1) is 11.3 Å². The molecule has 80 valence electrons. The van der Waals surface area contributed by atoms with E-state index in [9.17, 15) is 9.59 Å². The second-order valence-electron chi connectivity index (χ2n) is 4.19. The summed E-state index contributed by atoms with van der Waals surface area (Å²) in [7, 11) is 1.60. The highest BCUT2D eigenvalue weighted by Crippen LogP contribution is 2.38. The number of carbonyl (C=O) groups is 2. The van der Waals surface area contributed by atoms with Gasteiger partial charge in [-0.15, -0.1) is 0 Å². The Labute approximate surface area is 84.0 Å². The van der Waals surface area contributed by atoms with E-state index in [4.69, 9.17) is 4.74 Å². The normalized spacial score (nSPS) is 35.3. The lowest BCUT2D eigenvalue weighted by atomic mass is 9.69. The predicted octanol–water partition coefficient (Wildman–Crippen LogP) is 0.710. The maximum Gasteiger partial charge on any atom is 0.230 e. The molecule has 3 atom stereocenters. The van der Waals surface area contributed by atoms with Crippen molar-refractivity contribution in [3.05, 3.63) is 0 Å². The molecule has 0 aromatic heterocycles. The number of amides is 2. The number of hydrogen-bond donors (Lipinski definition) is 1. The summed E-state index contributed by atoms with van der Waals surface area (Å²) in [6.07, 6.45) is 0.238. The van der Waals surface area contributed by atoms with Crippen molar-refractivity contribution in [2.45, 2.75) is 33.3 Å². The van der Waals surface area contributed by atoms with E-state index in [2.05, 4.69) is 5.32 Å². The number of hydrogen-bond acceptors (Lipinski definition) is 3. The molecule has 14 heavy (non-hydrogen) atoms. The van der Waals surface area contributed by atoms with Crippen LogP contribution in [0.25, 0.3) is 0 Å². The molecule has 0 radical (unpaired) electrons. The van der Waals surface area contributed by atoms with Crippen LogP contribution in [-0.4, -0.2) is 25.0 Å². The van der Waals surface area contributed by atoms with Crippen LogP contribution in [0.1, 0.15) is 27.2 Å². The van der Waals surface area contributed by atoms with Crippen molar-refractivity contribution < 1.29 is 14.3 Å². The molecule has 1 rings (SSSR count). The Hall–Kier alpha value is -0.900.